The first-order valence-electron chi connectivity index (χ1n) is 5.71. The minimum Gasteiger partial charge on any atom is -0.466 e. The summed E-state index contributed by atoms with van der Waals surface area (Å²) < 4.78 is 32.0. The van der Waals surface area contributed by atoms with Gasteiger partial charge in [-0.15, -0.1) is 0 Å². The Balaban J connectivity index is 2.48. The maximum Gasteiger partial charge on any atom is 0.126 e. The van der Waals surface area contributed by atoms with Crippen LogP contribution in [0.15, 0.2) is 28.7 Å². The van der Waals surface area contributed by atoms with Crippen molar-refractivity contribution in [2.75, 3.05) is 7.05 Å². The summed E-state index contributed by atoms with van der Waals surface area (Å²) >= 11 is 0. The monoisotopic (exact) mass is 251 g/mol. The third-order valence-corrected chi connectivity index (χ3v) is 2.90. The van der Waals surface area contributed by atoms with Gasteiger partial charge in [-0.3, -0.25) is 0 Å². The second-order valence-corrected chi connectivity index (χ2v) is 4.29. The maximum absolute atomic E-state index is 13.3. The maximum atomic E-state index is 13.3. The molecule has 2 rings (SSSR count). The van der Waals surface area contributed by atoms with Crippen LogP contribution in [-0.4, -0.2) is 7.05 Å². The van der Waals surface area contributed by atoms with Crippen LogP contribution in [0.5, 0.6) is 0 Å². The number of aryl methyl sites for hydroxylation is 2. The number of halogens is 2. The molecule has 0 aliphatic rings. The highest BCUT2D eigenvalue weighted by atomic mass is 19.1. The molecule has 96 valence electrons. The Morgan fingerprint density at radius 1 is 1.06 bits per heavy atom. The van der Waals surface area contributed by atoms with E-state index in [0.29, 0.717) is 5.56 Å². The molecule has 2 aromatic rings. The molecule has 0 bridgehead atoms. The number of furan rings is 1. The summed E-state index contributed by atoms with van der Waals surface area (Å²) in [4.78, 5) is 0. The Bertz CT molecular complexity index is 543. The molecule has 4 heteroatoms. The Morgan fingerprint density at radius 3 is 2.11 bits per heavy atom. The van der Waals surface area contributed by atoms with Gasteiger partial charge in [0.05, 0.1) is 6.04 Å². The molecule has 0 radical (unpaired) electrons. The summed E-state index contributed by atoms with van der Waals surface area (Å²) in [5, 5.41) is 3.05. The van der Waals surface area contributed by atoms with Crippen LogP contribution in [0.1, 0.15) is 28.7 Å². The standard InChI is InChI=1S/C14H15F2NO/c1-8-4-13(9(2)18-8)14(17-3)10-5-11(15)7-12(16)6-10/h4-7,14,17H,1-3H3. The first kappa shape index (κ1) is 12.8. The van der Waals surface area contributed by atoms with E-state index in [2.05, 4.69) is 5.32 Å². The molecule has 0 amide bonds. The van der Waals surface area contributed by atoms with Gasteiger partial charge < -0.3 is 9.73 Å². The Hall–Kier alpha value is -1.68. The molecule has 2 nitrogen and oxygen atoms in total. The lowest BCUT2D eigenvalue weighted by Gasteiger charge is -2.16. The van der Waals surface area contributed by atoms with Crippen molar-refractivity contribution in [3.05, 3.63) is 58.5 Å². The van der Waals surface area contributed by atoms with Crippen molar-refractivity contribution < 1.29 is 13.2 Å². The third kappa shape index (κ3) is 2.43. The Labute approximate surface area is 105 Å². The molecule has 1 aromatic carbocycles. The van der Waals surface area contributed by atoms with Gasteiger partial charge in [0.1, 0.15) is 23.2 Å². The van der Waals surface area contributed by atoms with E-state index in [9.17, 15) is 8.78 Å². The van der Waals surface area contributed by atoms with Crippen LogP contribution in [0, 0.1) is 25.5 Å². The molecule has 1 atom stereocenters. The molecule has 1 unspecified atom stereocenters. The van der Waals surface area contributed by atoms with Crippen LogP contribution in [0.2, 0.25) is 0 Å². The van der Waals surface area contributed by atoms with Gasteiger partial charge in [-0.25, -0.2) is 8.78 Å². The van der Waals surface area contributed by atoms with Crippen LogP contribution in [0.4, 0.5) is 8.78 Å². The molecule has 0 aliphatic carbocycles. The third-order valence-electron chi connectivity index (χ3n) is 2.90. The molecule has 0 saturated heterocycles. The van der Waals surface area contributed by atoms with Gasteiger partial charge in [-0.2, -0.15) is 0 Å². The Morgan fingerprint density at radius 2 is 1.67 bits per heavy atom. The van der Waals surface area contributed by atoms with Crippen molar-refractivity contribution >= 4 is 0 Å². The minimum atomic E-state index is -0.580. The lowest BCUT2D eigenvalue weighted by molar-refractivity contribution is 0.496. The minimum absolute atomic E-state index is 0.285. The smallest absolute Gasteiger partial charge is 0.126 e. The van der Waals surface area contributed by atoms with E-state index in [0.717, 1.165) is 23.2 Å². The van der Waals surface area contributed by atoms with Crippen LogP contribution in [0.25, 0.3) is 0 Å². The van der Waals surface area contributed by atoms with Crippen molar-refractivity contribution in [2.45, 2.75) is 19.9 Å². The van der Waals surface area contributed by atoms with E-state index in [1.165, 1.54) is 12.1 Å². The van der Waals surface area contributed by atoms with Crippen LogP contribution in [0.3, 0.4) is 0 Å². The SMILES string of the molecule is CNC(c1cc(F)cc(F)c1)c1cc(C)oc1C. The largest absolute Gasteiger partial charge is 0.466 e. The van der Waals surface area contributed by atoms with Crippen LogP contribution >= 0.6 is 0 Å². The number of nitrogens with one attached hydrogen (secondary N) is 1. The topological polar surface area (TPSA) is 25.2 Å². The van der Waals surface area contributed by atoms with Gasteiger partial charge in [0.25, 0.3) is 0 Å². The van der Waals surface area contributed by atoms with Gasteiger partial charge in [0.15, 0.2) is 0 Å². The molecule has 18 heavy (non-hydrogen) atoms. The predicted octanol–water partition coefficient (Wildman–Crippen LogP) is 3.48. The average molecular weight is 251 g/mol. The first-order valence-corrected chi connectivity index (χ1v) is 5.71. The fraction of sp³-hybridized carbons (Fsp3) is 0.286. The lowest BCUT2D eigenvalue weighted by Crippen LogP contribution is -2.18. The summed E-state index contributed by atoms with van der Waals surface area (Å²) in [6.07, 6.45) is 0. The second kappa shape index (κ2) is 4.90. The molecule has 0 aliphatic heterocycles. The summed E-state index contributed by atoms with van der Waals surface area (Å²) in [5.41, 5.74) is 1.43. The normalized spacial score (nSPS) is 12.7. The molecule has 1 N–H and O–H groups in total. The number of hydrogen-bond acceptors (Lipinski definition) is 2. The van der Waals surface area contributed by atoms with E-state index in [1.807, 2.05) is 19.9 Å². The first-order chi connectivity index (χ1) is 8.51. The van der Waals surface area contributed by atoms with Crippen LogP contribution in [-0.2, 0) is 0 Å². The predicted molar refractivity (Wildman–Crippen MR) is 65.4 cm³/mol. The molecular weight excluding hydrogens is 236 g/mol. The number of rotatable bonds is 3. The van der Waals surface area contributed by atoms with Crippen molar-refractivity contribution in [3.63, 3.8) is 0 Å². The number of benzene rings is 1. The fourth-order valence-electron chi connectivity index (χ4n) is 2.18. The molecule has 1 heterocycles. The van der Waals surface area contributed by atoms with E-state index < -0.39 is 11.6 Å². The molecule has 0 spiro atoms. The zero-order valence-corrected chi connectivity index (χ0v) is 10.6. The molecule has 0 saturated carbocycles. The van der Waals surface area contributed by atoms with E-state index in [4.69, 9.17) is 4.42 Å². The highest BCUT2D eigenvalue weighted by molar-refractivity contribution is 5.34. The van der Waals surface area contributed by atoms with E-state index in [-0.39, 0.29) is 6.04 Å². The van der Waals surface area contributed by atoms with E-state index in [1.54, 1.807) is 7.05 Å². The van der Waals surface area contributed by atoms with Crippen molar-refractivity contribution in [3.8, 4) is 0 Å². The molecule has 0 fully saturated rings. The zero-order valence-electron chi connectivity index (χ0n) is 10.6. The van der Waals surface area contributed by atoms with Gasteiger partial charge in [0.2, 0.25) is 0 Å². The van der Waals surface area contributed by atoms with Crippen molar-refractivity contribution in [1.29, 1.82) is 0 Å². The Kier molecular flexibility index (Phi) is 3.48. The van der Waals surface area contributed by atoms with Gasteiger partial charge in [-0.05, 0) is 44.7 Å². The highest BCUT2D eigenvalue weighted by Crippen LogP contribution is 2.28. The number of hydrogen-bond donors (Lipinski definition) is 1. The second-order valence-electron chi connectivity index (χ2n) is 4.29. The van der Waals surface area contributed by atoms with Crippen molar-refractivity contribution in [1.82, 2.24) is 5.32 Å². The quantitative estimate of drug-likeness (QED) is 0.903. The highest BCUT2D eigenvalue weighted by Gasteiger charge is 2.18. The zero-order chi connectivity index (χ0) is 13.3. The average Bonchev–Trinajstić information content (AvgIpc) is 2.58. The lowest BCUT2D eigenvalue weighted by atomic mass is 9.99. The molecule has 1 aromatic heterocycles. The summed E-state index contributed by atoms with van der Waals surface area (Å²) in [6, 6.07) is 5.11. The fourth-order valence-corrected chi connectivity index (χ4v) is 2.18. The van der Waals surface area contributed by atoms with E-state index >= 15 is 0 Å². The summed E-state index contributed by atoms with van der Waals surface area (Å²) in [5.74, 6) is 0.363. The van der Waals surface area contributed by atoms with Gasteiger partial charge in [-0.1, -0.05) is 0 Å². The summed E-state index contributed by atoms with van der Waals surface area (Å²) in [7, 11) is 1.75. The summed E-state index contributed by atoms with van der Waals surface area (Å²) in [6.45, 7) is 3.68. The van der Waals surface area contributed by atoms with Gasteiger partial charge in [0, 0.05) is 11.6 Å². The molecular formula is C14H15F2NO. The van der Waals surface area contributed by atoms with Crippen LogP contribution < -0.4 is 5.32 Å². The van der Waals surface area contributed by atoms with Crippen molar-refractivity contribution in [2.24, 2.45) is 0 Å². The van der Waals surface area contributed by atoms with Gasteiger partial charge >= 0.3 is 0 Å².